The van der Waals surface area contributed by atoms with Crippen molar-refractivity contribution < 1.29 is 0 Å². The lowest BCUT2D eigenvalue weighted by atomic mass is 9.87. The van der Waals surface area contributed by atoms with Gasteiger partial charge in [-0.25, -0.2) is 9.97 Å². The first-order valence-electron chi connectivity index (χ1n) is 22.4. The number of benzene rings is 9. The first-order valence-corrected chi connectivity index (χ1v) is 22.4. The second-order valence-corrected chi connectivity index (χ2v) is 16.7. The number of aromatic nitrogens is 5. The monoisotopic (exact) mass is 841 g/mol. The van der Waals surface area contributed by atoms with E-state index in [-0.39, 0.29) is 0 Å². The molecule has 0 amide bonds. The maximum atomic E-state index is 5.30. The molecule has 0 aliphatic carbocycles. The van der Waals surface area contributed by atoms with Gasteiger partial charge in [-0.05, 0) is 112 Å². The molecular formula is C61H39N5. The van der Waals surface area contributed by atoms with Crippen LogP contribution in [0.15, 0.2) is 237 Å². The molecule has 9 aromatic carbocycles. The van der Waals surface area contributed by atoms with Crippen LogP contribution in [0.1, 0.15) is 0 Å². The first kappa shape index (κ1) is 37.6. The zero-order chi connectivity index (χ0) is 43.6. The van der Waals surface area contributed by atoms with Crippen LogP contribution in [0.4, 0.5) is 0 Å². The molecule has 0 spiro atoms. The lowest BCUT2D eigenvalue weighted by molar-refractivity contribution is 1.10. The van der Waals surface area contributed by atoms with Gasteiger partial charge in [0.2, 0.25) is 0 Å². The van der Waals surface area contributed by atoms with Gasteiger partial charge in [-0.1, -0.05) is 146 Å². The van der Waals surface area contributed by atoms with E-state index in [1.54, 1.807) is 0 Å². The molecule has 0 saturated carbocycles. The van der Waals surface area contributed by atoms with Crippen LogP contribution in [0, 0.1) is 0 Å². The second-order valence-electron chi connectivity index (χ2n) is 16.7. The van der Waals surface area contributed by atoms with E-state index in [2.05, 4.69) is 226 Å². The predicted octanol–water partition coefficient (Wildman–Crippen LogP) is 15.6. The molecule has 308 valence electrons. The number of hydrogen-bond acceptors (Lipinski definition) is 3. The van der Waals surface area contributed by atoms with Crippen LogP contribution in [-0.4, -0.2) is 24.1 Å². The van der Waals surface area contributed by atoms with Crippen LogP contribution >= 0.6 is 0 Å². The standard InChI is InChI=1S/C61H39N5/c1-4-17-41(18-5-1)56-58-57-48-25-12-10-23-46(48)50(53-29-16-28-52(63-53)40-35-37-62-38-36-40)39-51(57)47-24-11-13-26-49(47)60(58)66(59(56)42-19-6-2-7-20-42)45-33-31-43(32-34-45)61-64-54-27-14-15-30-55(54)65(61)44-21-8-3-9-22-44/h1-39H. The zero-order valence-electron chi connectivity index (χ0n) is 35.8. The number of imidazole rings is 1. The van der Waals surface area contributed by atoms with Gasteiger partial charge in [0.05, 0.1) is 33.6 Å². The number of nitrogens with zero attached hydrogens (tertiary/aromatic N) is 5. The minimum absolute atomic E-state index is 0.902. The van der Waals surface area contributed by atoms with Crippen LogP contribution < -0.4 is 0 Å². The molecule has 0 aliphatic heterocycles. The average Bonchev–Trinajstić information content (AvgIpc) is 3.97. The van der Waals surface area contributed by atoms with E-state index < -0.39 is 0 Å². The van der Waals surface area contributed by atoms with Gasteiger partial charge in [0, 0.05) is 62.2 Å². The molecule has 0 fully saturated rings. The minimum atomic E-state index is 0.902. The fourth-order valence-electron chi connectivity index (χ4n) is 10.2. The van der Waals surface area contributed by atoms with Gasteiger partial charge in [-0.3, -0.25) is 9.55 Å². The summed E-state index contributed by atoms with van der Waals surface area (Å²) in [5.74, 6) is 0.902. The molecular weight excluding hydrogens is 803 g/mol. The van der Waals surface area contributed by atoms with Crippen molar-refractivity contribution in [1.29, 1.82) is 0 Å². The molecule has 13 aromatic rings. The highest BCUT2D eigenvalue weighted by Crippen LogP contribution is 2.51. The van der Waals surface area contributed by atoms with Crippen LogP contribution in [0.25, 0.3) is 122 Å². The molecule has 0 atom stereocenters. The van der Waals surface area contributed by atoms with Crippen LogP contribution in [0.3, 0.4) is 0 Å². The first-order chi connectivity index (χ1) is 32.8. The quantitative estimate of drug-likeness (QED) is 0.150. The average molecular weight is 842 g/mol. The molecule has 0 aliphatic rings. The van der Waals surface area contributed by atoms with E-state index in [0.29, 0.717) is 0 Å². The summed E-state index contributed by atoms with van der Waals surface area (Å²) in [5.41, 5.74) is 15.0. The molecule has 4 heterocycles. The van der Waals surface area contributed by atoms with E-state index in [0.717, 1.165) is 84.0 Å². The third-order valence-corrected chi connectivity index (χ3v) is 13.0. The molecule has 5 nitrogen and oxygen atoms in total. The Balaban J connectivity index is 1.14. The number of para-hydroxylation sites is 3. The van der Waals surface area contributed by atoms with Gasteiger partial charge in [0.1, 0.15) is 5.82 Å². The van der Waals surface area contributed by atoms with E-state index in [1.807, 2.05) is 24.5 Å². The van der Waals surface area contributed by atoms with Crippen LogP contribution in [-0.2, 0) is 0 Å². The van der Waals surface area contributed by atoms with Gasteiger partial charge in [0.15, 0.2) is 0 Å². The highest BCUT2D eigenvalue weighted by Gasteiger charge is 2.27. The summed E-state index contributed by atoms with van der Waals surface area (Å²) >= 11 is 0. The summed E-state index contributed by atoms with van der Waals surface area (Å²) < 4.78 is 4.78. The maximum Gasteiger partial charge on any atom is 0.145 e. The second kappa shape index (κ2) is 15.4. The number of fused-ring (bicyclic) bond motifs is 9. The Morgan fingerprint density at radius 3 is 1.71 bits per heavy atom. The molecule has 0 radical (unpaired) electrons. The van der Waals surface area contributed by atoms with E-state index >= 15 is 0 Å². The minimum Gasteiger partial charge on any atom is -0.308 e. The Labute approximate surface area is 381 Å². The summed E-state index contributed by atoms with van der Waals surface area (Å²) in [6, 6.07) is 80.3. The van der Waals surface area contributed by atoms with Crippen LogP contribution in [0.2, 0.25) is 0 Å². The van der Waals surface area contributed by atoms with Gasteiger partial charge in [-0.2, -0.15) is 0 Å². The topological polar surface area (TPSA) is 48.5 Å². The molecule has 0 saturated heterocycles. The Hall–Kier alpha value is -8.93. The van der Waals surface area contributed by atoms with Crippen molar-refractivity contribution in [3.05, 3.63) is 237 Å². The Kier molecular flexibility index (Phi) is 8.78. The number of hydrogen-bond donors (Lipinski definition) is 0. The van der Waals surface area contributed by atoms with Crippen molar-refractivity contribution in [3.8, 4) is 67.7 Å². The summed E-state index contributed by atoms with van der Waals surface area (Å²) in [4.78, 5) is 14.8. The summed E-state index contributed by atoms with van der Waals surface area (Å²) in [6.07, 6.45) is 3.65. The summed E-state index contributed by atoms with van der Waals surface area (Å²) in [5, 5.41) is 8.31. The lowest BCUT2D eigenvalue weighted by Crippen LogP contribution is -2.00. The highest BCUT2D eigenvalue weighted by atomic mass is 15.1. The largest absolute Gasteiger partial charge is 0.308 e. The summed E-state index contributed by atoms with van der Waals surface area (Å²) in [7, 11) is 0. The third kappa shape index (κ3) is 5.98. The fourth-order valence-corrected chi connectivity index (χ4v) is 10.2. The van der Waals surface area contributed by atoms with Crippen molar-refractivity contribution >= 4 is 54.3 Å². The van der Waals surface area contributed by atoms with Gasteiger partial charge < -0.3 is 4.57 Å². The number of pyridine rings is 2. The van der Waals surface area contributed by atoms with E-state index in [4.69, 9.17) is 9.97 Å². The Bertz CT molecular complexity index is 3950. The highest BCUT2D eigenvalue weighted by molar-refractivity contribution is 6.36. The maximum absolute atomic E-state index is 5.30. The number of rotatable bonds is 7. The molecule has 66 heavy (non-hydrogen) atoms. The normalized spacial score (nSPS) is 11.6. The van der Waals surface area contributed by atoms with Crippen molar-refractivity contribution in [3.63, 3.8) is 0 Å². The van der Waals surface area contributed by atoms with Crippen molar-refractivity contribution in [1.82, 2.24) is 24.1 Å². The molecule has 5 heteroatoms. The molecule has 13 rings (SSSR count). The van der Waals surface area contributed by atoms with Crippen molar-refractivity contribution in [2.24, 2.45) is 0 Å². The zero-order valence-corrected chi connectivity index (χ0v) is 35.8. The molecule has 0 unspecified atom stereocenters. The van der Waals surface area contributed by atoms with Gasteiger partial charge >= 0.3 is 0 Å². The van der Waals surface area contributed by atoms with Crippen LogP contribution in [0.5, 0.6) is 0 Å². The van der Waals surface area contributed by atoms with Gasteiger partial charge in [-0.15, -0.1) is 0 Å². The molecule has 0 N–H and O–H groups in total. The molecule has 0 bridgehead atoms. The van der Waals surface area contributed by atoms with E-state index in [1.165, 1.54) is 37.9 Å². The lowest BCUT2D eigenvalue weighted by Gasteiger charge is -2.17. The van der Waals surface area contributed by atoms with Crippen molar-refractivity contribution in [2.45, 2.75) is 0 Å². The summed E-state index contributed by atoms with van der Waals surface area (Å²) in [6.45, 7) is 0. The predicted molar refractivity (Wildman–Crippen MR) is 273 cm³/mol. The SMILES string of the molecule is c1ccc(-c2c(-c3ccccc3)n(-c3ccc(-c4nc5ccccc5n4-c4ccccc4)cc3)c3c4ccccc4c4cc(-c5cccc(-c6ccncc6)n5)c5ccccc5c4c23)cc1. The molecule has 4 aromatic heterocycles. The fraction of sp³-hybridized carbons (Fsp3) is 0. The Morgan fingerprint density at radius 1 is 0.348 bits per heavy atom. The Morgan fingerprint density at radius 2 is 0.955 bits per heavy atom. The van der Waals surface area contributed by atoms with Gasteiger partial charge in [0.25, 0.3) is 0 Å². The smallest absolute Gasteiger partial charge is 0.145 e. The van der Waals surface area contributed by atoms with Crippen molar-refractivity contribution in [2.75, 3.05) is 0 Å². The van der Waals surface area contributed by atoms with E-state index in [9.17, 15) is 0 Å². The third-order valence-electron chi connectivity index (χ3n) is 13.0.